The lowest BCUT2D eigenvalue weighted by atomic mass is 9.83. The summed E-state index contributed by atoms with van der Waals surface area (Å²) in [5.41, 5.74) is 0.304. The minimum absolute atomic E-state index is 0. The van der Waals surface area contributed by atoms with Gasteiger partial charge in [0.2, 0.25) is 5.91 Å². The normalized spacial score (nSPS) is 24.6. The van der Waals surface area contributed by atoms with Crippen LogP contribution in [0.1, 0.15) is 71.1 Å². The Labute approximate surface area is 194 Å². The van der Waals surface area contributed by atoms with Crippen molar-refractivity contribution in [2.45, 2.75) is 77.2 Å². The highest BCUT2D eigenvalue weighted by atomic mass is 127. The Hall–Kier alpha value is -0.570. The predicted molar refractivity (Wildman–Crippen MR) is 129 cm³/mol. The maximum absolute atomic E-state index is 12.7. The third kappa shape index (κ3) is 6.97. The number of amides is 1. The third-order valence-corrected chi connectivity index (χ3v) is 6.96. The van der Waals surface area contributed by atoms with Crippen LogP contribution in [0.25, 0.3) is 0 Å². The van der Waals surface area contributed by atoms with Crippen molar-refractivity contribution in [3.05, 3.63) is 0 Å². The smallest absolute Gasteiger partial charge is 0.225 e. The Balaban J connectivity index is 0.00000300. The molecule has 168 valence electrons. The summed E-state index contributed by atoms with van der Waals surface area (Å²) in [6, 6.07) is 0.307. The van der Waals surface area contributed by atoms with Crippen LogP contribution in [0.15, 0.2) is 4.99 Å². The molecule has 2 saturated carbocycles. The van der Waals surface area contributed by atoms with Gasteiger partial charge in [-0.05, 0) is 50.9 Å². The zero-order chi connectivity index (χ0) is 19.8. The number of likely N-dealkylation sites (tertiary alicyclic amines) is 1. The Morgan fingerprint density at radius 1 is 1.17 bits per heavy atom. The molecular weight excluding hydrogens is 479 g/mol. The molecular formula is C22H41IN4O2. The van der Waals surface area contributed by atoms with E-state index in [-0.39, 0.29) is 29.9 Å². The molecule has 2 N–H and O–H groups in total. The number of hydrogen-bond donors (Lipinski definition) is 2. The average Bonchev–Trinajstić information content (AvgIpc) is 3.46. The van der Waals surface area contributed by atoms with Crippen molar-refractivity contribution in [2.24, 2.45) is 16.3 Å². The molecule has 1 unspecified atom stereocenters. The summed E-state index contributed by atoms with van der Waals surface area (Å²) in [5, 5.41) is 7.01. The van der Waals surface area contributed by atoms with Crippen LogP contribution in [0.4, 0.5) is 0 Å². The van der Waals surface area contributed by atoms with Crippen LogP contribution < -0.4 is 10.6 Å². The molecule has 1 atom stereocenters. The fourth-order valence-electron chi connectivity index (χ4n) is 5.20. The Morgan fingerprint density at radius 2 is 1.90 bits per heavy atom. The fraction of sp³-hybridized carbons (Fsp3) is 0.909. The van der Waals surface area contributed by atoms with Gasteiger partial charge in [-0.2, -0.15) is 0 Å². The van der Waals surface area contributed by atoms with Gasteiger partial charge in [-0.3, -0.25) is 9.79 Å². The minimum Gasteiger partial charge on any atom is -0.385 e. The topological polar surface area (TPSA) is 66.0 Å². The molecule has 3 aliphatic rings. The molecule has 0 aromatic heterocycles. The van der Waals surface area contributed by atoms with Gasteiger partial charge in [-0.15, -0.1) is 24.0 Å². The lowest BCUT2D eigenvalue weighted by molar-refractivity contribution is -0.134. The van der Waals surface area contributed by atoms with E-state index in [4.69, 9.17) is 9.73 Å². The van der Waals surface area contributed by atoms with Crippen molar-refractivity contribution in [1.29, 1.82) is 0 Å². The Bertz CT molecular complexity index is 531. The van der Waals surface area contributed by atoms with Crippen LogP contribution in [0.3, 0.4) is 0 Å². The molecule has 0 aromatic carbocycles. The van der Waals surface area contributed by atoms with Crippen LogP contribution >= 0.6 is 24.0 Å². The monoisotopic (exact) mass is 520 g/mol. The maximum Gasteiger partial charge on any atom is 0.225 e. The van der Waals surface area contributed by atoms with Gasteiger partial charge in [-0.25, -0.2) is 0 Å². The molecule has 0 aromatic rings. The molecule has 1 saturated heterocycles. The first-order valence-electron chi connectivity index (χ1n) is 11.5. The van der Waals surface area contributed by atoms with Crippen molar-refractivity contribution in [3.63, 3.8) is 0 Å². The molecule has 29 heavy (non-hydrogen) atoms. The summed E-state index contributed by atoms with van der Waals surface area (Å²) in [6.07, 6.45) is 11.8. The zero-order valence-corrected chi connectivity index (χ0v) is 20.7. The van der Waals surface area contributed by atoms with Crippen LogP contribution in [-0.4, -0.2) is 62.7 Å². The summed E-state index contributed by atoms with van der Waals surface area (Å²) in [5.74, 6) is 1.57. The predicted octanol–water partition coefficient (Wildman–Crippen LogP) is 3.55. The molecule has 3 rings (SSSR count). The lowest BCUT2D eigenvalue weighted by Crippen LogP contribution is -2.46. The number of carbonyl (C=O) groups excluding carboxylic acids is 1. The number of guanidine groups is 1. The quantitative estimate of drug-likeness (QED) is 0.292. The number of halogens is 1. The van der Waals surface area contributed by atoms with Gasteiger partial charge in [-0.1, -0.05) is 25.7 Å². The third-order valence-electron chi connectivity index (χ3n) is 6.96. The van der Waals surface area contributed by atoms with E-state index in [1.54, 1.807) is 7.11 Å². The van der Waals surface area contributed by atoms with Gasteiger partial charge < -0.3 is 20.3 Å². The van der Waals surface area contributed by atoms with Gasteiger partial charge in [0, 0.05) is 51.9 Å². The summed E-state index contributed by atoms with van der Waals surface area (Å²) in [7, 11) is 1.79. The molecule has 0 bridgehead atoms. The van der Waals surface area contributed by atoms with Crippen LogP contribution in [0, 0.1) is 11.3 Å². The van der Waals surface area contributed by atoms with E-state index in [2.05, 4.69) is 22.5 Å². The zero-order valence-electron chi connectivity index (χ0n) is 18.4. The highest BCUT2D eigenvalue weighted by Crippen LogP contribution is 2.41. The molecule has 2 aliphatic carbocycles. The Kier molecular flexibility index (Phi) is 10.5. The summed E-state index contributed by atoms with van der Waals surface area (Å²) in [4.78, 5) is 19.7. The number of nitrogens with one attached hydrogen (secondary N) is 2. The minimum atomic E-state index is 0. The number of methoxy groups -OCH3 is 1. The number of aliphatic imine (C=N–C) groups is 1. The highest BCUT2D eigenvalue weighted by Gasteiger charge is 2.34. The summed E-state index contributed by atoms with van der Waals surface area (Å²) in [6.45, 7) is 6.34. The van der Waals surface area contributed by atoms with Crippen molar-refractivity contribution in [3.8, 4) is 0 Å². The highest BCUT2D eigenvalue weighted by molar-refractivity contribution is 14.0. The lowest BCUT2D eigenvalue weighted by Gasteiger charge is -2.27. The van der Waals surface area contributed by atoms with Crippen molar-refractivity contribution < 1.29 is 9.53 Å². The summed E-state index contributed by atoms with van der Waals surface area (Å²) < 4.78 is 5.35. The second kappa shape index (κ2) is 12.3. The first kappa shape index (κ1) is 24.7. The first-order valence-corrected chi connectivity index (χ1v) is 11.5. The summed E-state index contributed by atoms with van der Waals surface area (Å²) >= 11 is 0. The van der Waals surface area contributed by atoms with Crippen LogP contribution in [0.2, 0.25) is 0 Å². The van der Waals surface area contributed by atoms with E-state index in [0.29, 0.717) is 17.4 Å². The Morgan fingerprint density at radius 3 is 2.55 bits per heavy atom. The van der Waals surface area contributed by atoms with Crippen molar-refractivity contribution in [2.75, 3.05) is 39.9 Å². The number of carbonyl (C=O) groups is 1. The van der Waals surface area contributed by atoms with E-state index in [9.17, 15) is 4.79 Å². The molecule has 1 heterocycles. The van der Waals surface area contributed by atoms with E-state index in [1.165, 1.54) is 38.5 Å². The number of ether oxygens (including phenoxy) is 1. The van der Waals surface area contributed by atoms with E-state index in [1.807, 2.05) is 0 Å². The number of rotatable bonds is 8. The number of nitrogens with zero attached hydrogens (tertiary/aromatic N) is 2. The second-order valence-corrected chi connectivity index (χ2v) is 9.04. The number of hydrogen-bond acceptors (Lipinski definition) is 3. The maximum atomic E-state index is 12.7. The average molecular weight is 521 g/mol. The van der Waals surface area contributed by atoms with Crippen molar-refractivity contribution >= 4 is 35.8 Å². The van der Waals surface area contributed by atoms with Crippen LogP contribution in [-0.2, 0) is 9.53 Å². The van der Waals surface area contributed by atoms with Crippen molar-refractivity contribution in [1.82, 2.24) is 15.5 Å². The molecule has 7 heteroatoms. The van der Waals surface area contributed by atoms with E-state index < -0.39 is 0 Å². The molecule has 1 aliphatic heterocycles. The molecule has 0 spiro atoms. The fourth-order valence-corrected chi connectivity index (χ4v) is 5.20. The second-order valence-electron chi connectivity index (χ2n) is 9.04. The van der Waals surface area contributed by atoms with Gasteiger partial charge in [0.15, 0.2) is 5.96 Å². The van der Waals surface area contributed by atoms with E-state index in [0.717, 1.165) is 64.4 Å². The van der Waals surface area contributed by atoms with Gasteiger partial charge in [0.25, 0.3) is 0 Å². The largest absolute Gasteiger partial charge is 0.385 e. The van der Waals surface area contributed by atoms with Gasteiger partial charge in [0.1, 0.15) is 0 Å². The van der Waals surface area contributed by atoms with Gasteiger partial charge in [0.05, 0.1) is 0 Å². The van der Waals surface area contributed by atoms with E-state index >= 15 is 0 Å². The molecule has 1 amide bonds. The molecule has 6 nitrogen and oxygen atoms in total. The van der Waals surface area contributed by atoms with Gasteiger partial charge >= 0.3 is 0 Å². The molecule has 0 radical (unpaired) electrons. The SMILES string of the molecule is CCNC(=NCC1(CCOC)CCCC1)NC1CCN(C(=O)C2CCCC2)C1.I. The molecule has 3 fully saturated rings. The van der Waals surface area contributed by atoms with Crippen LogP contribution in [0.5, 0.6) is 0 Å². The first-order chi connectivity index (χ1) is 13.7. The standard InChI is InChI=1S/C22H40N4O2.HI/c1-3-23-21(24-17-22(13-15-28-2)11-6-7-12-22)25-19-10-14-26(16-19)20(27)18-8-4-5-9-18;/h18-19H,3-17H2,1-2H3,(H2,23,24,25);1H.